The minimum atomic E-state index is -0.220. The lowest BCUT2D eigenvalue weighted by molar-refractivity contribution is 0.0505. The highest BCUT2D eigenvalue weighted by molar-refractivity contribution is 9.10. The first-order valence-electron chi connectivity index (χ1n) is 10.5. The fourth-order valence-electron chi connectivity index (χ4n) is 4.98. The summed E-state index contributed by atoms with van der Waals surface area (Å²) in [5.74, 6) is -0.220. The normalized spacial score (nSPS) is 29.3. The monoisotopic (exact) mass is 453 g/mol. The molecule has 2 amide bonds. The number of carbonyl (C=O) groups is 1. The van der Waals surface area contributed by atoms with Gasteiger partial charge in [-0.05, 0) is 63.1 Å². The molecule has 0 aromatic heterocycles. The Morgan fingerprint density at radius 3 is 2.39 bits per heavy atom. The van der Waals surface area contributed by atoms with Crippen LogP contribution in [-0.2, 0) is 0 Å². The summed E-state index contributed by atoms with van der Waals surface area (Å²) in [5, 5.41) is 9.77. The lowest BCUT2D eigenvalue weighted by Crippen LogP contribution is -2.59. The van der Waals surface area contributed by atoms with Gasteiger partial charge in [0.1, 0.15) is 5.82 Å². The van der Waals surface area contributed by atoms with Crippen LogP contribution in [0.1, 0.15) is 44.9 Å². The van der Waals surface area contributed by atoms with E-state index in [1.54, 1.807) is 0 Å². The molecule has 7 heteroatoms. The molecule has 2 saturated heterocycles. The summed E-state index contributed by atoms with van der Waals surface area (Å²) in [5.41, 5.74) is 0.621. The van der Waals surface area contributed by atoms with Gasteiger partial charge in [-0.2, -0.15) is 0 Å². The van der Waals surface area contributed by atoms with Crippen LogP contribution >= 0.6 is 15.9 Å². The van der Waals surface area contributed by atoms with E-state index in [4.69, 9.17) is 0 Å². The second kappa shape index (κ2) is 8.57. The van der Waals surface area contributed by atoms with Crippen LogP contribution in [0.5, 0.6) is 0 Å². The van der Waals surface area contributed by atoms with Crippen LogP contribution in [0.2, 0.25) is 0 Å². The fraction of sp³-hybridized carbons (Fsp3) is 0.667. The van der Waals surface area contributed by atoms with Gasteiger partial charge < -0.3 is 19.8 Å². The summed E-state index contributed by atoms with van der Waals surface area (Å²) in [4.78, 5) is 19.4. The molecule has 0 spiro atoms. The maximum absolute atomic E-state index is 14.4. The Labute approximate surface area is 174 Å². The van der Waals surface area contributed by atoms with E-state index >= 15 is 0 Å². The standard InChI is InChI=1S/C21H29BrFN3O2/c22-15-4-9-20(19(23)13-15)24-10-1-3-17(14-24)26-12-2-11-25(21(26)28)16-5-7-18(27)8-6-16/h4,9,13,16-18,27H,1-3,5-8,10-12,14H2/t16?,17-,18?/m0/s1. The van der Waals surface area contributed by atoms with Crippen LogP contribution in [0.4, 0.5) is 14.9 Å². The van der Waals surface area contributed by atoms with Gasteiger partial charge in [0.15, 0.2) is 0 Å². The summed E-state index contributed by atoms with van der Waals surface area (Å²) in [7, 11) is 0. The third-order valence-electron chi connectivity index (χ3n) is 6.48. The first-order chi connectivity index (χ1) is 13.5. The largest absolute Gasteiger partial charge is 0.393 e. The Bertz CT molecular complexity index is 711. The van der Waals surface area contributed by atoms with E-state index in [1.165, 1.54) is 6.07 Å². The predicted molar refractivity (Wildman–Crippen MR) is 111 cm³/mol. The quantitative estimate of drug-likeness (QED) is 0.752. The van der Waals surface area contributed by atoms with E-state index < -0.39 is 0 Å². The number of nitrogens with zero attached hydrogens (tertiary/aromatic N) is 3. The number of carbonyl (C=O) groups excluding carboxylic acids is 1. The van der Waals surface area contributed by atoms with Crippen LogP contribution < -0.4 is 4.90 Å². The molecule has 1 N–H and O–H groups in total. The van der Waals surface area contributed by atoms with Crippen molar-refractivity contribution < 1.29 is 14.3 Å². The van der Waals surface area contributed by atoms with Crippen LogP contribution in [0.15, 0.2) is 22.7 Å². The lowest BCUT2D eigenvalue weighted by Gasteiger charge is -2.47. The van der Waals surface area contributed by atoms with Crippen molar-refractivity contribution in [1.29, 1.82) is 0 Å². The van der Waals surface area contributed by atoms with Gasteiger partial charge in [0.25, 0.3) is 0 Å². The summed E-state index contributed by atoms with van der Waals surface area (Å²) < 4.78 is 15.2. The van der Waals surface area contributed by atoms with E-state index in [-0.39, 0.29) is 30.0 Å². The maximum Gasteiger partial charge on any atom is 0.320 e. The Balaban J connectivity index is 1.44. The molecular weight excluding hydrogens is 425 g/mol. The molecule has 2 heterocycles. The topological polar surface area (TPSA) is 47.0 Å². The van der Waals surface area contributed by atoms with Gasteiger partial charge in [0.2, 0.25) is 0 Å². The van der Waals surface area contributed by atoms with Crippen molar-refractivity contribution in [2.75, 3.05) is 31.1 Å². The molecule has 0 unspecified atom stereocenters. The molecule has 1 aromatic rings. The second-order valence-electron chi connectivity index (χ2n) is 8.32. The summed E-state index contributed by atoms with van der Waals surface area (Å²) >= 11 is 3.32. The number of urea groups is 1. The molecule has 0 radical (unpaired) electrons. The van der Waals surface area contributed by atoms with E-state index in [0.29, 0.717) is 12.2 Å². The number of anilines is 1. The third kappa shape index (κ3) is 4.15. The highest BCUT2D eigenvalue weighted by Crippen LogP contribution is 2.30. The Hall–Kier alpha value is -1.34. The number of piperidine rings is 1. The van der Waals surface area contributed by atoms with Crippen molar-refractivity contribution in [3.05, 3.63) is 28.5 Å². The van der Waals surface area contributed by atoms with Crippen molar-refractivity contribution >= 4 is 27.6 Å². The number of benzene rings is 1. The number of rotatable bonds is 3. The van der Waals surface area contributed by atoms with Crippen molar-refractivity contribution in [2.24, 2.45) is 0 Å². The number of aliphatic hydroxyl groups is 1. The Kier molecular flexibility index (Phi) is 6.11. The van der Waals surface area contributed by atoms with E-state index in [9.17, 15) is 14.3 Å². The molecule has 2 aliphatic heterocycles. The molecule has 1 atom stereocenters. The van der Waals surface area contributed by atoms with Gasteiger partial charge >= 0.3 is 6.03 Å². The van der Waals surface area contributed by atoms with Crippen molar-refractivity contribution in [3.63, 3.8) is 0 Å². The summed E-state index contributed by atoms with van der Waals surface area (Å²) in [6.07, 6.45) is 6.05. The number of aliphatic hydroxyl groups excluding tert-OH is 1. The molecule has 154 valence electrons. The first-order valence-corrected chi connectivity index (χ1v) is 11.3. The van der Waals surface area contributed by atoms with Crippen molar-refractivity contribution in [1.82, 2.24) is 9.80 Å². The van der Waals surface area contributed by atoms with Crippen LogP contribution in [0.25, 0.3) is 0 Å². The lowest BCUT2D eigenvalue weighted by atomic mass is 9.91. The molecule has 0 bridgehead atoms. The minimum Gasteiger partial charge on any atom is -0.393 e. The van der Waals surface area contributed by atoms with Crippen LogP contribution in [0, 0.1) is 5.82 Å². The van der Waals surface area contributed by atoms with E-state index in [1.807, 2.05) is 21.9 Å². The van der Waals surface area contributed by atoms with Crippen molar-refractivity contribution in [2.45, 2.75) is 63.1 Å². The number of halogens is 2. The van der Waals surface area contributed by atoms with Gasteiger partial charge in [0.05, 0.1) is 17.8 Å². The summed E-state index contributed by atoms with van der Waals surface area (Å²) in [6.45, 7) is 3.10. The van der Waals surface area contributed by atoms with Crippen molar-refractivity contribution in [3.8, 4) is 0 Å². The zero-order chi connectivity index (χ0) is 19.7. The van der Waals surface area contributed by atoms with Gasteiger partial charge in [-0.3, -0.25) is 0 Å². The molecule has 1 aliphatic carbocycles. The number of hydrogen-bond donors (Lipinski definition) is 1. The highest BCUT2D eigenvalue weighted by Gasteiger charge is 2.37. The Morgan fingerprint density at radius 1 is 0.964 bits per heavy atom. The number of hydrogen-bond acceptors (Lipinski definition) is 3. The molecule has 1 saturated carbocycles. The Morgan fingerprint density at radius 2 is 1.68 bits per heavy atom. The zero-order valence-corrected chi connectivity index (χ0v) is 17.8. The average molecular weight is 454 g/mol. The average Bonchev–Trinajstić information content (AvgIpc) is 2.69. The van der Waals surface area contributed by atoms with E-state index in [0.717, 1.165) is 69.1 Å². The van der Waals surface area contributed by atoms with Gasteiger partial charge in [-0.15, -0.1) is 0 Å². The van der Waals surface area contributed by atoms with Crippen LogP contribution in [-0.4, -0.2) is 65.3 Å². The smallest absolute Gasteiger partial charge is 0.320 e. The summed E-state index contributed by atoms with van der Waals surface area (Å²) in [6, 6.07) is 5.70. The van der Waals surface area contributed by atoms with Crippen LogP contribution in [0.3, 0.4) is 0 Å². The van der Waals surface area contributed by atoms with Gasteiger partial charge in [-0.1, -0.05) is 15.9 Å². The first kappa shape index (κ1) is 20.0. The minimum absolute atomic E-state index is 0.126. The highest BCUT2D eigenvalue weighted by atomic mass is 79.9. The molecule has 4 rings (SSSR count). The van der Waals surface area contributed by atoms with Gasteiger partial charge in [-0.25, -0.2) is 9.18 Å². The third-order valence-corrected chi connectivity index (χ3v) is 6.98. The van der Waals surface area contributed by atoms with E-state index in [2.05, 4.69) is 20.8 Å². The molecule has 1 aromatic carbocycles. The second-order valence-corrected chi connectivity index (χ2v) is 9.24. The molecule has 28 heavy (non-hydrogen) atoms. The zero-order valence-electron chi connectivity index (χ0n) is 16.2. The number of amides is 2. The fourth-order valence-corrected chi connectivity index (χ4v) is 5.31. The SMILES string of the molecule is O=C1N(C2CCC(O)CC2)CCCN1[C@H]1CCCN(c2ccc(Br)cc2F)C1. The molecule has 3 fully saturated rings. The maximum atomic E-state index is 14.4. The molecular formula is C21H29BrFN3O2. The van der Waals surface area contributed by atoms with Gasteiger partial charge in [0, 0.05) is 36.7 Å². The molecule has 5 nitrogen and oxygen atoms in total. The predicted octanol–water partition coefficient (Wildman–Crippen LogP) is 3.99. The molecule has 3 aliphatic rings.